The monoisotopic (exact) mass is 453 g/mol. The van der Waals surface area contributed by atoms with Gasteiger partial charge in [-0.1, -0.05) is 19.9 Å². The highest BCUT2D eigenvalue weighted by atomic mass is 19.3. The van der Waals surface area contributed by atoms with Gasteiger partial charge in [-0.05, 0) is 53.6 Å². The molecule has 0 spiro atoms. The number of aromatic nitrogens is 3. The summed E-state index contributed by atoms with van der Waals surface area (Å²) in [5.41, 5.74) is 4.83. The smallest absolute Gasteiger partial charge is 0.387 e. The first-order valence-electron chi connectivity index (χ1n) is 10.6. The normalized spacial score (nSPS) is 14.1. The van der Waals surface area contributed by atoms with Gasteiger partial charge in [0.05, 0.1) is 11.4 Å². The van der Waals surface area contributed by atoms with Crippen molar-refractivity contribution in [2.45, 2.75) is 52.2 Å². The molecule has 0 saturated heterocycles. The van der Waals surface area contributed by atoms with E-state index in [1.165, 1.54) is 18.6 Å². The number of ether oxygens (including phenoxy) is 1. The molecule has 1 aromatic carbocycles. The molecule has 0 saturated carbocycles. The quantitative estimate of drug-likeness (QED) is 0.537. The third-order valence-electron chi connectivity index (χ3n) is 5.69. The number of nitrogens with one attached hydrogen (secondary N) is 2. The minimum absolute atomic E-state index is 0.0625. The highest BCUT2D eigenvalue weighted by Gasteiger charge is 2.31. The van der Waals surface area contributed by atoms with Crippen molar-refractivity contribution >= 4 is 17.5 Å². The van der Waals surface area contributed by atoms with Gasteiger partial charge in [-0.25, -0.2) is 9.97 Å². The lowest BCUT2D eigenvalue weighted by Gasteiger charge is -2.19. The molecule has 3 aromatic rings. The van der Waals surface area contributed by atoms with Crippen LogP contribution in [0, 0.1) is 0 Å². The Bertz CT molecular complexity index is 1180. The zero-order chi connectivity index (χ0) is 23.6. The van der Waals surface area contributed by atoms with Crippen LogP contribution in [0.1, 0.15) is 44.0 Å². The number of aryl methyl sites for hydroxylation is 1. The van der Waals surface area contributed by atoms with Gasteiger partial charge >= 0.3 is 6.61 Å². The summed E-state index contributed by atoms with van der Waals surface area (Å²) in [6.45, 7) is 2.99. The van der Waals surface area contributed by atoms with Crippen LogP contribution in [0.15, 0.2) is 42.7 Å². The lowest BCUT2D eigenvalue weighted by Crippen LogP contribution is -2.19. The second-order valence-electron chi connectivity index (χ2n) is 8.61. The minimum Gasteiger partial charge on any atom is -0.433 e. The van der Waals surface area contributed by atoms with Gasteiger partial charge in [-0.2, -0.15) is 8.78 Å². The van der Waals surface area contributed by atoms with Crippen LogP contribution in [0.4, 0.5) is 20.4 Å². The van der Waals surface area contributed by atoms with Gasteiger partial charge in [-0.15, -0.1) is 0 Å². The third-order valence-corrected chi connectivity index (χ3v) is 5.69. The summed E-state index contributed by atoms with van der Waals surface area (Å²) in [6.07, 6.45) is 5.42. The summed E-state index contributed by atoms with van der Waals surface area (Å²) in [6, 6.07) is 8.63. The van der Waals surface area contributed by atoms with Gasteiger partial charge in [0, 0.05) is 37.1 Å². The van der Waals surface area contributed by atoms with E-state index in [1.54, 1.807) is 30.6 Å². The number of rotatable bonds is 7. The second-order valence-corrected chi connectivity index (χ2v) is 8.61. The molecule has 7 nitrogen and oxygen atoms in total. The van der Waals surface area contributed by atoms with Crippen LogP contribution in [0.5, 0.6) is 5.75 Å². The number of hydrogen-bond donors (Lipinski definition) is 2. The predicted octanol–water partition coefficient (Wildman–Crippen LogP) is 4.74. The molecule has 0 fully saturated rings. The van der Waals surface area contributed by atoms with Crippen molar-refractivity contribution in [3.05, 3.63) is 59.5 Å². The molecule has 2 aromatic heterocycles. The summed E-state index contributed by atoms with van der Waals surface area (Å²) in [7, 11) is 0. The highest BCUT2D eigenvalue weighted by Crippen LogP contribution is 2.39. The van der Waals surface area contributed by atoms with Crippen molar-refractivity contribution in [2.75, 3.05) is 5.32 Å². The maximum atomic E-state index is 13.0. The summed E-state index contributed by atoms with van der Waals surface area (Å²) in [4.78, 5) is 24.5. The number of benzene rings is 1. The average molecular weight is 453 g/mol. The molecule has 1 aliphatic carbocycles. The third kappa shape index (κ3) is 5.24. The Morgan fingerprint density at radius 3 is 2.79 bits per heavy atom. The molecule has 1 amide bonds. The standard InChI is InChI=1S/C24H25F2N5O2/c1-14(32)28-12-15-4-5-20(21(10-15)33-22(25)26)31-23-27-9-7-18(30-23)16-11-17-19(29-13-16)6-8-24(17,2)3/h4-5,7,9-11,13,22H,6,8,12H2,1-3H3,(H,28,32)(H,27,30,31). The van der Waals surface area contributed by atoms with Crippen LogP contribution in [-0.2, 0) is 23.2 Å². The first-order valence-corrected chi connectivity index (χ1v) is 10.6. The lowest BCUT2D eigenvalue weighted by atomic mass is 9.86. The van der Waals surface area contributed by atoms with Gasteiger partial charge in [0.1, 0.15) is 5.75 Å². The fraction of sp³-hybridized carbons (Fsp3) is 0.333. The van der Waals surface area contributed by atoms with Crippen molar-refractivity contribution in [3.8, 4) is 17.0 Å². The molecule has 33 heavy (non-hydrogen) atoms. The van der Waals surface area contributed by atoms with Crippen molar-refractivity contribution < 1.29 is 18.3 Å². The Labute approximate surface area is 190 Å². The SMILES string of the molecule is CC(=O)NCc1ccc(Nc2nccc(-c3cnc4c(c3)C(C)(C)CC4)n2)c(OC(F)F)c1. The number of carbonyl (C=O) groups excluding carboxylic acids is 1. The van der Waals surface area contributed by atoms with Gasteiger partial charge in [-0.3, -0.25) is 9.78 Å². The van der Waals surface area contributed by atoms with Crippen molar-refractivity contribution in [2.24, 2.45) is 0 Å². The van der Waals surface area contributed by atoms with E-state index >= 15 is 0 Å². The van der Waals surface area contributed by atoms with Gasteiger partial charge in [0.2, 0.25) is 11.9 Å². The fourth-order valence-electron chi connectivity index (χ4n) is 3.88. The van der Waals surface area contributed by atoms with E-state index in [2.05, 4.69) is 50.2 Å². The molecule has 1 aliphatic rings. The minimum atomic E-state index is -3.00. The Hall–Kier alpha value is -3.62. The molecule has 0 radical (unpaired) electrons. The topological polar surface area (TPSA) is 89.0 Å². The van der Waals surface area contributed by atoms with Crippen molar-refractivity contribution in [1.82, 2.24) is 20.3 Å². The molecular weight excluding hydrogens is 428 g/mol. The van der Waals surface area contributed by atoms with Crippen LogP contribution in [0.2, 0.25) is 0 Å². The Morgan fingerprint density at radius 1 is 1.21 bits per heavy atom. The first kappa shape index (κ1) is 22.6. The number of alkyl halides is 2. The van der Waals surface area contributed by atoms with Crippen LogP contribution in [0.3, 0.4) is 0 Å². The highest BCUT2D eigenvalue weighted by molar-refractivity contribution is 5.73. The molecule has 0 aliphatic heterocycles. The molecule has 0 unspecified atom stereocenters. The Morgan fingerprint density at radius 2 is 2.03 bits per heavy atom. The van der Waals surface area contributed by atoms with E-state index < -0.39 is 6.61 Å². The van der Waals surface area contributed by atoms with Gasteiger partial charge in [0.25, 0.3) is 0 Å². The lowest BCUT2D eigenvalue weighted by molar-refractivity contribution is -0.119. The number of fused-ring (bicyclic) bond motifs is 1. The predicted molar refractivity (Wildman–Crippen MR) is 120 cm³/mol. The van der Waals surface area contributed by atoms with Crippen LogP contribution in [-0.4, -0.2) is 27.5 Å². The van der Waals surface area contributed by atoms with E-state index in [4.69, 9.17) is 0 Å². The molecule has 9 heteroatoms. The maximum Gasteiger partial charge on any atom is 0.387 e. The van der Waals surface area contributed by atoms with E-state index in [0.717, 1.165) is 24.1 Å². The molecule has 0 atom stereocenters. The number of carbonyl (C=O) groups is 1. The molecule has 4 rings (SSSR count). The average Bonchev–Trinajstić information content (AvgIpc) is 3.08. The summed E-state index contributed by atoms with van der Waals surface area (Å²) < 4.78 is 30.6. The summed E-state index contributed by atoms with van der Waals surface area (Å²) in [5.74, 6) is -0.0491. The van der Waals surface area contributed by atoms with Crippen molar-refractivity contribution in [3.63, 3.8) is 0 Å². The zero-order valence-corrected chi connectivity index (χ0v) is 18.7. The van der Waals surface area contributed by atoms with Crippen LogP contribution >= 0.6 is 0 Å². The number of anilines is 2. The van der Waals surface area contributed by atoms with Gasteiger partial charge < -0.3 is 15.4 Å². The maximum absolute atomic E-state index is 13.0. The van der Waals surface area contributed by atoms with E-state index in [0.29, 0.717) is 11.3 Å². The van der Waals surface area contributed by atoms with Crippen molar-refractivity contribution in [1.29, 1.82) is 0 Å². The number of pyridine rings is 1. The Balaban J connectivity index is 1.60. The molecule has 172 valence electrons. The first-order chi connectivity index (χ1) is 15.7. The summed E-state index contributed by atoms with van der Waals surface area (Å²) in [5, 5.41) is 5.59. The molecule has 0 bridgehead atoms. The van der Waals surface area contributed by atoms with Crippen LogP contribution in [0.25, 0.3) is 11.3 Å². The molecule has 2 heterocycles. The van der Waals surface area contributed by atoms with E-state index in [1.807, 2.05) is 0 Å². The van der Waals surface area contributed by atoms with Crippen LogP contribution < -0.4 is 15.4 Å². The number of halogens is 2. The van der Waals surface area contributed by atoms with E-state index in [9.17, 15) is 13.6 Å². The number of hydrogen-bond acceptors (Lipinski definition) is 6. The number of nitrogens with zero attached hydrogens (tertiary/aromatic N) is 3. The largest absolute Gasteiger partial charge is 0.433 e. The molecule has 2 N–H and O–H groups in total. The van der Waals surface area contributed by atoms with E-state index in [-0.39, 0.29) is 35.3 Å². The Kier molecular flexibility index (Phi) is 6.22. The fourth-order valence-corrected chi connectivity index (χ4v) is 3.88. The summed E-state index contributed by atoms with van der Waals surface area (Å²) >= 11 is 0. The molecular formula is C24H25F2N5O2. The number of amides is 1. The second kappa shape index (κ2) is 9.09. The van der Waals surface area contributed by atoms with Gasteiger partial charge in [0.15, 0.2) is 0 Å². The zero-order valence-electron chi connectivity index (χ0n) is 18.7.